The van der Waals surface area contributed by atoms with Crippen LogP contribution in [0, 0.1) is 0 Å². The molecule has 0 fully saturated rings. The normalized spacial score (nSPS) is 13.9. The number of rotatable bonds is 5. The summed E-state index contributed by atoms with van der Waals surface area (Å²) in [5.41, 5.74) is 0.976. The third-order valence-electron chi connectivity index (χ3n) is 2.47. The average molecular weight is 257 g/mol. The van der Waals surface area contributed by atoms with Crippen molar-refractivity contribution in [2.75, 3.05) is 6.61 Å². The Morgan fingerprint density at radius 3 is 2.47 bits per heavy atom. The van der Waals surface area contributed by atoms with E-state index in [1.165, 1.54) is 0 Å². The quantitative estimate of drug-likeness (QED) is 0.839. The highest BCUT2D eigenvalue weighted by molar-refractivity contribution is 7.89. The number of nitrogens with one attached hydrogen (secondary N) is 1. The summed E-state index contributed by atoms with van der Waals surface area (Å²) in [6, 6.07) is 6.37. The van der Waals surface area contributed by atoms with E-state index in [9.17, 15) is 8.42 Å². The standard InChI is InChI=1S/C12H19NO3S/c1-9(2)11-5-4-6-12(7-11)17(15,16)13-10(3)8-14/h4-7,9-10,13-14H,8H2,1-3H3. The molecule has 0 saturated heterocycles. The Morgan fingerprint density at radius 2 is 1.94 bits per heavy atom. The van der Waals surface area contributed by atoms with E-state index in [2.05, 4.69) is 4.72 Å². The van der Waals surface area contributed by atoms with E-state index in [4.69, 9.17) is 5.11 Å². The van der Waals surface area contributed by atoms with Gasteiger partial charge in [0.25, 0.3) is 0 Å². The van der Waals surface area contributed by atoms with Gasteiger partial charge in [-0.15, -0.1) is 0 Å². The van der Waals surface area contributed by atoms with Crippen LogP contribution in [0.2, 0.25) is 0 Å². The third-order valence-corrected chi connectivity index (χ3v) is 4.05. The van der Waals surface area contributed by atoms with E-state index in [-0.39, 0.29) is 17.4 Å². The maximum atomic E-state index is 12.0. The molecular weight excluding hydrogens is 238 g/mol. The Bertz CT molecular complexity index is 468. The van der Waals surface area contributed by atoms with E-state index in [0.29, 0.717) is 0 Å². The molecule has 17 heavy (non-hydrogen) atoms. The molecule has 0 amide bonds. The van der Waals surface area contributed by atoms with Crippen LogP contribution in [0.25, 0.3) is 0 Å². The summed E-state index contributed by atoms with van der Waals surface area (Å²) in [6.07, 6.45) is 0. The predicted molar refractivity (Wildman–Crippen MR) is 67.4 cm³/mol. The van der Waals surface area contributed by atoms with E-state index < -0.39 is 16.1 Å². The van der Waals surface area contributed by atoms with Crippen molar-refractivity contribution in [3.63, 3.8) is 0 Å². The van der Waals surface area contributed by atoms with Crippen LogP contribution in [0.3, 0.4) is 0 Å². The van der Waals surface area contributed by atoms with Crippen molar-refractivity contribution in [1.29, 1.82) is 0 Å². The van der Waals surface area contributed by atoms with Crippen LogP contribution in [0.15, 0.2) is 29.2 Å². The molecule has 0 spiro atoms. The number of sulfonamides is 1. The van der Waals surface area contributed by atoms with E-state index >= 15 is 0 Å². The SMILES string of the molecule is CC(CO)NS(=O)(=O)c1cccc(C(C)C)c1. The van der Waals surface area contributed by atoms with E-state index in [0.717, 1.165) is 5.56 Å². The molecule has 1 aromatic carbocycles. The van der Waals surface area contributed by atoms with Gasteiger partial charge in [0.15, 0.2) is 0 Å². The second-order valence-electron chi connectivity index (χ2n) is 4.43. The monoisotopic (exact) mass is 257 g/mol. The predicted octanol–water partition coefficient (Wildman–Crippen LogP) is 1.47. The smallest absolute Gasteiger partial charge is 0.240 e. The minimum Gasteiger partial charge on any atom is -0.395 e. The lowest BCUT2D eigenvalue weighted by Gasteiger charge is -2.13. The molecule has 1 rings (SSSR count). The third kappa shape index (κ3) is 3.80. The molecule has 96 valence electrons. The Kier molecular flexibility index (Phi) is 4.68. The van der Waals surface area contributed by atoms with Crippen LogP contribution in [0.4, 0.5) is 0 Å². The fourth-order valence-corrected chi connectivity index (χ4v) is 2.70. The van der Waals surface area contributed by atoms with Gasteiger partial charge in [-0.25, -0.2) is 13.1 Å². The van der Waals surface area contributed by atoms with Crippen molar-refractivity contribution in [1.82, 2.24) is 4.72 Å². The van der Waals surface area contributed by atoms with Gasteiger partial charge in [0, 0.05) is 6.04 Å². The number of hydrogen-bond donors (Lipinski definition) is 2. The molecule has 4 nitrogen and oxygen atoms in total. The maximum Gasteiger partial charge on any atom is 0.240 e. The van der Waals surface area contributed by atoms with Crippen molar-refractivity contribution in [2.45, 2.75) is 37.6 Å². The Balaban J connectivity index is 3.03. The summed E-state index contributed by atoms with van der Waals surface area (Å²) in [7, 11) is -3.54. The van der Waals surface area contributed by atoms with Gasteiger partial charge in [-0.1, -0.05) is 26.0 Å². The molecule has 0 bridgehead atoms. The zero-order valence-corrected chi connectivity index (χ0v) is 11.2. The summed E-state index contributed by atoms with van der Waals surface area (Å²) in [5.74, 6) is 0.278. The Labute approximate surface area is 103 Å². The van der Waals surface area contributed by atoms with Gasteiger partial charge in [-0.2, -0.15) is 0 Å². The summed E-state index contributed by atoms with van der Waals surface area (Å²) >= 11 is 0. The number of hydrogen-bond acceptors (Lipinski definition) is 3. The molecule has 0 radical (unpaired) electrons. The summed E-state index contributed by atoms with van der Waals surface area (Å²) in [4.78, 5) is 0.240. The zero-order chi connectivity index (χ0) is 13.1. The molecule has 0 saturated carbocycles. The molecule has 1 unspecified atom stereocenters. The van der Waals surface area contributed by atoms with Gasteiger partial charge < -0.3 is 5.11 Å². The zero-order valence-electron chi connectivity index (χ0n) is 10.3. The minimum atomic E-state index is -3.54. The van der Waals surface area contributed by atoms with Crippen LogP contribution >= 0.6 is 0 Å². The van der Waals surface area contributed by atoms with E-state index in [1.54, 1.807) is 25.1 Å². The van der Waals surface area contributed by atoms with Crippen molar-refractivity contribution in [3.05, 3.63) is 29.8 Å². The van der Waals surface area contributed by atoms with E-state index in [1.807, 2.05) is 19.9 Å². The van der Waals surface area contributed by atoms with Gasteiger partial charge in [0.05, 0.1) is 11.5 Å². The Hall–Kier alpha value is -0.910. The number of benzene rings is 1. The number of aliphatic hydroxyl groups is 1. The van der Waals surface area contributed by atoms with Crippen molar-refractivity contribution >= 4 is 10.0 Å². The molecule has 1 atom stereocenters. The van der Waals surface area contributed by atoms with Crippen LogP contribution in [-0.2, 0) is 10.0 Å². The first-order chi connectivity index (χ1) is 7.86. The fraction of sp³-hybridized carbons (Fsp3) is 0.500. The van der Waals surface area contributed by atoms with Gasteiger partial charge in [0.1, 0.15) is 0 Å². The van der Waals surface area contributed by atoms with Crippen LogP contribution in [0.1, 0.15) is 32.3 Å². The molecule has 0 aliphatic rings. The Morgan fingerprint density at radius 1 is 1.29 bits per heavy atom. The molecule has 2 N–H and O–H groups in total. The number of aliphatic hydroxyl groups excluding tert-OH is 1. The van der Waals surface area contributed by atoms with Gasteiger partial charge in [-0.3, -0.25) is 0 Å². The molecule has 0 aromatic heterocycles. The second kappa shape index (κ2) is 5.62. The highest BCUT2D eigenvalue weighted by Crippen LogP contribution is 2.18. The lowest BCUT2D eigenvalue weighted by Crippen LogP contribution is -2.35. The molecular formula is C12H19NO3S. The molecule has 0 aliphatic heterocycles. The largest absolute Gasteiger partial charge is 0.395 e. The highest BCUT2D eigenvalue weighted by Gasteiger charge is 2.17. The highest BCUT2D eigenvalue weighted by atomic mass is 32.2. The van der Waals surface area contributed by atoms with Gasteiger partial charge in [-0.05, 0) is 30.5 Å². The lowest BCUT2D eigenvalue weighted by molar-refractivity contribution is 0.265. The first-order valence-corrected chi connectivity index (χ1v) is 7.08. The van der Waals surface area contributed by atoms with Crippen LogP contribution in [0.5, 0.6) is 0 Å². The average Bonchev–Trinajstić information content (AvgIpc) is 2.28. The van der Waals surface area contributed by atoms with Gasteiger partial charge >= 0.3 is 0 Å². The van der Waals surface area contributed by atoms with Crippen molar-refractivity contribution in [2.24, 2.45) is 0 Å². The summed E-state index contributed by atoms with van der Waals surface area (Å²) in [6.45, 7) is 5.41. The first kappa shape index (κ1) is 14.2. The van der Waals surface area contributed by atoms with Crippen molar-refractivity contribution in [3.8, 4) is 0 Å². The second-order valence-corrected chi connectivity index (χ2v) is 6.15. The van der Waals surface area contributed by atoms with Crippen LogP contribution in [-0.4, -0.2) is 26.2 Å². The summed E-state index contributed by atoms with van der Waals surface area (Å²) in [5, 5.41) is 8.86. The maximum absolute atomic E-state index is 12.0. The van der Waals surface area contributed by atoms with Crippen LogP contribution < -0.4 is 4.72 Å². The minimum absolute atomic E-state index is 0.219. The molecule has 0 aliphatic carbocycles. The summed E-state index contributed by atoms with van der Waals surface area (Å²) < 4.78 is 26.3. The first-order valence-electron chi connectivity index (χ1n) is 5.60. The molecule has 5 heteroatoms. The molecule has 0 heterocycles. The van der Waals surface area contributed by atoms with Gasteiger partial charge in [0.2, 0.25) is 10.0 Å². The fourth-order valence-electron chi connectivity index (χ4n) is 1.41. The lowest BCUT2D eigenvalue weighted by atomic mass is 10.0. The van der Waals surface area contributed by atoms with Crippen molar-refractivity contribution < 1.29 is 13.5 Å². The topological polar surface area (TPSA) is 66.4 Å². The molecule has 1 aromatic rings.